The third-order valence-corrected chi connectivity index (χ3v) is 4.01. The van der Waals surface area contributed by atoms with Gasteiger partial charge in [-0.2, -0.15) is 0 Å². The van der Waals surface area contributed by atoms with Gasteiger partial charge in [-0.1, -0.05) is 31.2 Å². The SMILES string of the molecule is CCc1ccc(C(C)NC(=O)C2(C)CNC(=O)C2)cc1. The molecule has 2 unspecified atom stereocenters. The van der Waals surface area contributed by atoms with E-state index in [2.05, 4.69) is 29.7 Å². The highest BCUT2D eigenvalue weighted by Gasteiger charge is 2.41. The van der Waals surface area contributed by atoms with Crippen LogP contribution in [0.15, 0.2) is 24.3 Å². The molecule has 108 valence electrons. The minimum absolute atomic E-state index is 0.0531. The van der Waals surface area contributed by atoms with Gasteiger partial charge in [0.2, 0.25) is 11.8 Å². The molecular weight excluding hydrogens is 252 g/mol. The van der Waals surface area contributed by atoms with Crippen molar-refractivity contribution in [1.29, 1.82) is 0 Å². The smallest absolute Gasteiger partial charge is 0.228 e. The molecule has 4 nitrogen and oxygen atoms in total. The number of carbonyl (C=O) groups is 2. The molecule has 0 bridgehead atoms. The molecule has 2 amide bonds. The monoisotopic (exact) mass is 274 g/mol. The van der Waals surface area contributed by atoms with Crippen LogP contribution in [0.3, 0.4) is 0 Å². The topological polar surface area (TPSA) is 58.2 Å². The minimum Gasteiger partial charge on any atom is -0.355 e. The van der Waals surface area contributed by atoms with Crippen LogP contribution in [0.5, 0.6) is 0 Å². The highest BCUT2D eigenvalue weighted by Crippen LogP contribution is 2.26. The second-order valence-electron chi connectivity index (χ2n) is 5.80. The molecule has 2 atom stereocenters. The highest BCUT2D eigenvalue weighted by molar-refractivity contribution is 5.92. The molecule has 20 heavy (non-hydrogen) atoms. The average molecular weight is 274 g/mol. The molecule has 2 N–H and O–H groups in total. The van der Waals surface area contributed by atoms with Crippen molar-refractivity contribution in [3.8, 4) is 0 Å². The second-order valence-corrected chi connectivity index (χ2v) is 5.80. The molecule has 0 aromatic heterocycles. The van der Waals surface area contributed by atoms with Crippen molar-refractivity contribution in [1.82, 2.24) is 10.6 Å². The lowest BCUT2D eigenvalue weighted by molar-refractivity contribution is -0.131. The van der Waals surface area contributed by atoms with Crippen LogP contribution in [0, 0.1) is 5.41 Å². The minimum atomic E-state index is -0.630. The Bertz CT molecular complexity index is 510. The molecule has 1 heterocycles. The van der Waals surface area contributed by atoms with Gasteiger partial charge in [0.15, 0.2) is 0 Å². The first-order valence-corrected chi connectivity index (χ1v) is 7.11. The number of rotatable bonds is 4. The van der Waals surface area contributed by atoms with Gasteiger partial charge in [-0.3, -0.25) is 9.59 Å². The molecule has 1 aromatic rings. The Balaban J connectivity index is 2.01. The Morgan fingerprint density at radius 2 is 2.05 bits per heavy atom. The first-order valence-electron chi connectivity index (χ1n) is 7.11. The largest absolute Gasteiger partial charge is 0.355 e. The molecule has 0 aliphatic carbocycles. The van der Waals surface area contributed by atoms with Gasteiger partial charge < -0.3 is 10.6 Å². The van der Waals surface area contributed by atoms with Crippen LogP contribution in [0.25, 0.3) is 0 Å². The Morgan fingerprint density at radius 3 is 2.55 bits per heavy atom. The summed E-state index contributed by atoms with van der Waals surface area (Å²) in [6, 6.07) is 8.20. The van der Waals surface area contributed by atoms with Gasteiger partial charge in [0.1, 0.15) is 0 Å². The first-order chi connectivity index (χ1) is 9.44. The van der Waals surface area contributed by atoms with Gasteiger partial charge in [0, 0.05) is 13.0 Å². The molecule has 1 aliphatic heterocycles. The lowest BCUT2D eigenvalue weighted by Crippen LogP contribution is -2.41. The van der Waals surface area contributed by atoms with E-state index >= 15 is 0 Å². The Kier molecular flexibility index (Phi) is 4.12. The number of amides is 2. The van der Waals surface area contributed by atoms with E-state index in [9.17, 15) is 9.59 Å². The summed E-state index contributed by atoms with van der Waals surface area (Å²) < 4.78 is 0. The Hall–Kier alpha value is -1.84. The van der Waals surface area contributed by atoms with Crippen LogP contribution in [-0.4, -0.2) is 18.4 Å². The van der Waals surface area contributed by atoms with E-state index in [0.717, 1.165) is 12.0 Å². The maximum atomic E-state index is 12.3. The molecule has 1 aromatic carbocycles. The van der Waals surface area contributed by atoms with Crippen molar-refractivity contribution in [3.63, 3.8) is 0 Å². The zero-order valence-corrected chi connectivity index (χ0v) is 12.3. The zero-order chi connectivity index (χ0) is 14.8. The van der Waals surface area contributed by atoms with Crippen LogP contribution >= 0.6 is 0 Å². The van der Waals surface area contributed by atoms with Crippen LogP contribution in [0.4, 0.5) is 0 Å². The first kappa shape index (κ1) is 14.6. The lowest BCUT2D eigenvalue weighted by Gasteiger charge is -2.24. The second kappa shape index (κ2) is 5.65. The molecule has 0 saturated carbocycles. The molecule has 2 rings (SSSR count). The fourth-order valence-electron chi connectivity index (χ4n) is 2.43. The highest BCUT2D eigenvalue weighted by atomic mass is 16.2. The van der Waals surface area contributed by atoms with E-state index < -0.39 is 5.41 Å². The van der Waals surface area contributed by atoms with Gasteiger partial charge in [0.25, 0.3) is 0 Å². The maximum Gasteiger partial charge on any atom is 0.228 e. The number of nitrogens with one attached hydrogen (secondary N) is 2. The molecule has 0 spiro atoms. The van der Waals surface area contributed by atoms with E-state index in [1.807, 2.05) is 26.0 Å². The number of carbonyl (C=O) groups excluding carboxylic acids is 2. The quantitative estimate of drug-likeness (QED) is 0.881. The molecule has 1 aliphatic rings. The summed E-state index contributed by atoms with van der Waals surface area (Å²) in [5.41, 5.74) is 1.73. The number of benzene rings is 1. The number of aryl methyl sites for hydroxylation is 1. The van der Waals surface area contributed by atoms with Crippen molar-refractivity contribution in [3.05, 3.63) is 35.4 Å². The predicted molar refractivity (Wildman–Crippen MR) is 78.1 cm³/mol. The lowest BCUT2D eigenvalue weighted by atomic mass is 9.88. The van der Waals surface area contributed by atoms with Gasteiger partial charge in [-0.15, -0.1) is 0 Å². The zero-order valence-electron chi connectivity index (χ0n) is 12.3. The number of hydrogen-bond donors (Lipinski definition) is 2. The molecule has 4 heteroatoms. The summed E-state index contributed by atoms with van der Waals surface area (Å²) in [6.07, 6.45) is 1.27. The van der Waals surface area contributed by atoms with E-state index in [1.165, 1.54) is 5.56 Å². The normalized spacial score (nSPS) is 23.2. The van der Waals surface area contributed by atoms with Crippen LogP contribution in [0.2, 0.25) is 0 Å². The summed E-state index contributed by atoms with van der Waals surface area (Å²) >= 11 is 0. The van der Waals surface area contributed by atoms with Crippen molar-refractivity contribution in [2.24, 2.45) is 5.41 Å². The maximum absolute atomic E-state index is 12.3. The predicted octanol–water partition coefficient (Wildman–Crippen LogP) is 1.95. The van der Waals surface area contributed by atoms with Gasteiger partial charge >= 0.3 is 0 Å². The van der Waals surface area contributed by atoms with E-state index in [1.54, 1.807) is 0 Å². The third kappa shape index (κ3) is 3.00. The van der Waals surface area contributed by atoms with Crippen molar-refractivity contribution < 1.29 is 9.59 Å². The average Bonchev–Trinajstić information content (AvgIpc) is 2.80. The van der Waals surface area contributed by atoms with Crippen molar-refractivity contribution in [2.75, 3.05) is 6.54 Å². The fraction of sp³-hybridized carbons (Fsp3) is 0.500. The Morgan fingerprint density at radius 1 is 1.40 bits per heavy atom. The number of hydrogen-bond acceptors (Lipinski definition) is 2. The summed E-state index contributed by atoms with van der Waals surface area (Å²) in [7, 11) is 0. The van der Waals surface area contributed by atoms with E-state index in [4.69, 9.17) is 0 Å². The van der Waals surface area contributed by atoms with Crippen LogP contribution < -0.4 is 10.6 Å². The van der Waals surface area contributed by atoms with Crippen molar-refractivity contribution in [2.45, 2.75) is 39.7 Å². The molecule has 0 radical (unpaired) electrons. The Labute approximate surface area is 119 Å². The third-order valence-electron chi connectivity index (χ3n) is 4.01. The van der Waals surface area contributed by atoms with Crippen LogP contribution in [0.1, 0.15) is 44.4 Å². The standard InChI is InChI=1S/C16H22N2O2/c1-4-12-5-7-13(8-6-12)11(2)18-15(20)16(3)9-14(19)17-10-16/h5-8,11H,4,9-10H2,1-3H3,(H,17,19)(H,18,20). The van der Waals surface area contributed by atoms with Gasteiger partial charge in [0.05, 0.1) is 11.5 Å². The fourth-order valence-corrected chi connectivity index (χ4v) is 2.43. The van der Waals surface area contributed by atoms with E-state index in [0.29, 0.717) is 6.54 Å². The molecule has 1 saturated heterocycles. The molecule has 1 fully saturated rings. The summed E-state index contributed by atoms with van der Waals surface area (Å²) in [5, 5.41) is 5.72. The summed E-state index contributed by atoms with van der Waals surface area (Å²) in [4.78, 5) is 23.6. The van der Waals surface area contributed by atoms with Crippen molar-refractivity contribution >= 4 is 11.8 Å². The summed E-state index contributed by atoms with van der Waals surface area (Å²) in [5.74, 6) is -0.120. The molecular formula is C16H22N2O2. The van der Waals surface area contributed by atoms with E-state index in [-0.39, 0.29) is 24.3 Å². The van der Waals surface area contributed by atoms with Gasteiger partial charge in [-0.05, 0) is 31.4 Å². The van der Waals surface area contributed by atoms with Gasteiger partial charge in [-0.25, -0.2) is 0 Å². The van der Waals surface area contributed by atoms with Crippen LogP contribution in [-0.2, 0) is 16.0 Å². The summed E-state index contributed by atoms with van der Waals surface area (Å²) in [6.45, 7) is 6.32.